The van der Waals surface area contributed by atoms with Crippen LogP contribution in [0.4, 0.5) is 0 Å². The Kier molecular flexibility index (Phi) is 25.0. The van der Waals surface area contributed by atoms with Crippen LogP contribution in [0.15, 0.2) is 0 Å². The van der Waals surface area contributed by atoms with Gasteiger partial charge in [-0.2, -0.15) is 0 Å². The molecule has 0 aliphatic heterocycles. The Labute approximate surface area is 102 Å². The summed E-state index contributed by atoms with van der Waals surface area (Å²) in [7, 11) is 0. The Morgan fingerprint density at radius 2 is 0.556 bits per heavy atom. The molecule has 0 unspecified atom stereocenters. The molecule has 0 heterocycles. The first-order valence-corrected chi connectivity index (χ1v) is 4.81. The molecule has 9 heteroatoms. The molecule has 0 saturated heterocycles. The summed E-state index contributed by atoms with van der Waals surface area (Å²) in [6.45, 7) is 0. The van der Waals surface area contributed by atoms with Crippen LogP contribution < -0.4 is 25.2 Å². The fourth-order valence-electron chi connectivity index (χ4n) is 0. The van der Waals surface area contributed by atoms with E-state index in [0.717, 1.165) is 0 Å². The zero-order chi connectivity index (χ0) is 7.15. The van der Waals surface area contributed by atoms with Gasteiger partial charge in [-0.1, -0.05) is 0 Å². The van der Waals surface area contributed by atoms with Crippen LogP contribution in [0.1, 0.15) is 0 Å². The van der Waals surface area contributed by atoms with E-state index in [2.05, 4.69) is 0 Å². The first kappa shape index (κ1) is 17.4. The van der Waals surface area contributed by atoms with Crippen molar-refractivity contribution in [2.24, 2.45) is 0 Å². The van der Waals surface area contributed by atoms with Gasteiger partial charge in [-0.05, 0) is 0 Å². The van der Waals surface area contributed by atoms with Gasteiger partial charge in [0.2, 0.25) is 29.6 Å². The minimum absolute atomic E-state index is 0. The van der Waals surface area contributed by atoms with Crippen molar-refractivity contribution < 1.29 is 104 Å². The topological polar surface area (TPSA) is 138 Å². The average Bonchev–Trinajstić information content (AvgIpc) is 1.25. The summed E-state index contributed by atoms with van der Waals surface area (Å²) >= 11 is -7.29. The van der Waals surface area contributed by atoms with E-state index in [9.17, 15) is 0 Å². The molecule has 0 aliphatic carbocycles. The summed E-state index contributed by atoms with van der Waals surface area (Å²) < 4.78 is 51.1. The molecule has 0 spiro atoms. The van der Waals surface area contributed by atoms with Crippen molar-refractivity contribution >= 4 is 0 Å². The minimum atomic E-state index is -3.65. The maximum atomic E-state index is 8.52. The van der Waals surface area contributed by atoms with E-state index in [1.165, 1.54) is 0 Å². The van der Waals surface area contributed by atoms with Crippen LogP contribution in [0.2, 0.25) is 0 Å². The molecule has 1 radical (unpaired) electrons. The molecule has 0 atom stereocenters. The molecule has 0 N–H and O–H groups in total. The van der Waals surface area contributed by atoms with E-state index < -0.39 is 29.6 Å². The molecule has 0 saturated carbocycles. The van der Waals surface area contributed by atoms with Gasteiger partial charge in [0.25, 0.3) is 0 Å². The minimum Gasteiger partial charge on any atom is -0.405 e. The van der Waals surface area contributed by atoms with Gasteiger partial charge in [-0.25, -0.2) is 0 Å². The van der Waals surface area contributed by atoms with Crippen molar-refractivity contribution in [2.75, 3.05) is 0 Å². The Bertz CT molecular complexity index is 26.5. The summed E-state index contributed by atoms with van der Waals surface area (Å²) in [6.07, 6.45) is 0. The molecular weight excluding hydrogens is 408 g/mol. The van der Waals surface area contributed by atoms with Gasteiger partial charge < -0.3 is 25.2 Å². The van der Waals surface area contributed by atoms with Gasteiger partial charge in [0.15, 0.2) is 0 Å². The van der Waals surface area contributed by atoms with Gasteiger partial charge in [-0.15, -0.1) is 0 Å². The third-order valence-corrected chi connectivity index (χ3v) is 0. The van der Waals surface area contributed by atoms with Gasteiger partial charge in [0.05, 0.1) is 0 Å². The molecule has 0 aromatic heterocycles. The van der Waals surface area contributed by atoms with Crippen molar-refractivity contribution in [3.05, 3.63) is 0 Å². The molecule has 0 aromatic carbocycles. The van der Waals surface area contributed by atoms with Crippen molar-refractivity contribution in [2.45, 2.75) is 0 Å². The van der Waals surface area contributed by atoms with Crippen LogP contribution in [0.5, 0.6) is 0 Å². The van der Waals surface area contributed by atoms with Gasteiger partial charge in [0.1, 0.15) is 0 Å². The number of hydrogen-bond donors (Lipinski definition) is 0. The molecule has 0 bridgehead atoms. The van der Waals surface area contributed by atoms with Crippen LogP contribution in [-0.4, -0.2) is 0 Å². The van der Waals surface area contributed by atoms with Crippen LogP contribution >= 0.6 is 0 Å². The third kappa shape index (κ3) is 134. The van der Waals surface area contributed by atoms with Gasteiger partial charge in [0, 0.05) is 0 Å². The molecule has 0 aromatic rings. The smallest absolute Gasteiger partial charge is 0.405 e. The second-order valence-electron chi connectivity index (χ2n) is 0.378. The normalized spacial score (nSPS) is 8.00. The average molecular weight is 408 g/mol. The second kappa shape index (κ2) is 12.9. The molecule has 57 valence electrons. The molecule has 9 heavy (non-hydrogen) atoms. The predicted molar refractivity (Wildman–Crippen MR) is 0 cm³/mol. The van der Waals surface area contributed by atoms with Crippen molar-refractivity contribution in [3.8, 4) is 0 Å². The maximum Gasteiger partial charge on any atom is 2.00 e. The Hall–Kier alpha value is 2.30. The SMILES string of the molecule is [Eu+2].[O-][Br+2]([O-])[O-].[O-][Br+2]([O-])[O-]. The molecule has 0 fully saturated rings. The van der Waals surface area contributed by atoms with E-state index in [0.29, 0.717) is 0 Å². The standard InChI is InChI=1S/2BrO3.Eu/c2*2-1(3)4;/q2*-1;+2. The fourth-order valence-corrected chi connectivity index (χ4v) is 0. The summed E-state index contributed by atoms with van der Waals surface area (Å²) in [6, 6.07) is 0. The summed E-state index contributed by atoms with van der Waals surface area (Å²) in [5, 5.41) is 0. The zero-order valence-electron chi connectivity index (χ0n) is 3.58. The number of hydrogen-bond acceptors (Lipinski definition) is 6. The first-order chi connectivity index (χ1) is 3.46. The number of halogens is 2. The molecule has 0 rings (SSSR count). The van der Waals surface area contributed by atoms with Crippen molar-refractivity contribution in [1.29, 1.82) is 0 Å². The molecule has 0 amide bonds. The van der Waals surface area contributed by atoms with Gasteiger partial charge in [-0.3, -0.25) is 0 Å². The Morgan fingerprint density at radius 1 is 0.556 bits per heavy atom. The Balaban J connectivity index is -0.0000000720. The van der Waals surface area contributed by atoms with Crippen LogP contribution in [0.25, 0.3) is 0 Å². The first-order valence-electron chi connectivity index (χ1n) is 0.926. The van der Waals surface area contributed by atoms with Crippen molar-refractivity contribution in [3.63, 3.8) is 0 Å². The van der Waals surface area contributed by atoms with Crippen LogP contribution in [0.3, 0.4) is 0 Å². The third-order valence-electron chi connectivity index (χ3n) is 0. The largest absolute Gasteiger partial charge is 2.00 e. The van der Waals surface area contributed by atoms with E-state index >= 15 is 0 Å². The monoisotopic (exact) mass is 407 g/mol. The second-order valence-corrected chi connectivity index (χ2v) is 1.96. The van der Waals surface area contributed by atoms with E-state index in [4.69, 9.17) is 25.2 Å². The summed E-state index contributed by atoms with van der Waals surface area (Å²) in [4.78, 5) is 0. The quantitative estimate of drug-likeness (QED) is 0.391. The molecule has 6 nitrogen and oxygen atoms in total. The van der Waals surface area contributed by atoms with Crippen molar-refractivity contribution in [1.82, 2.24) is 0 Å². The maximum absolute atomic E-state index is 8.52. The van der Waals surface area contributed by atoms with E-state index in [1.54, 1.807) is 0 Å². The summed E-state index contributed by atoms with van der Waals surface area (Å²) in [5.41, 5.74) is 0. The van der Waals surface area contributed by atoms with Crippen LogP contribution in [-0.2, 0) is 0 Å². The molecule has 0 aliphatic rings. The predicted octanol–water partition coefficient (Wildman–Crippen LogP) is -7.13. The molecular formula is Br2EuO6. The fraction of sp³-hybridized carbons (Fsp3) is 0. The van der Waals surface area contributed by atoms with Gasteiger partial charge >= 0.3 is 49.4 Å². The number of rotatable bonds is 0. The van der Waals surface area contributed by atoms with E-state index in [-0.39, 0.29) is 49.4 Å². The van der Waals surface area contributed by atoms with Crippen LogP contribution in [0, 0.1) is 79.0 Å². The zero-order valence-corrected chi connectivity index (χ0v) is 9.18. The van der Waals surface area contributed by atoms with E-state index in [1.807, 2.05) is 0 Å². The summed E-state index contributed by atoms with van der Waals surface area (Å²) in [5.74, 6) is 0. The Morgan fingerprint density at radius 3 is 0.556 bits per heavy atom.